The summed E-state index contributed by atoms with van der Waals surface area (Å²) in [6.07, 6.45) is 3.33. The van der Waals surface area contributed by atoms with Gasteiger partial charge in [-0.3, -0.25) is 4.98 Å². The normalized spacial score (nSPS) is 10.8. The van der Waals surface area contributed by atoms with E-state index in [1.807, 2.05) is 48.5 Å². The third-order valence-corrected chi connectivity index (χ3v) is 3.73. The number of rotatable bonds is 3. The fourth-order valence-corrected chi connectivity index (χ4v) is 2.60. The van der Waals surface area contributed by atoms with Crippen LogP contribution in [0.3, 0.4) is 0 Å². The molecule has 0 atom stereocenters. The summed E-state index contributed by atoms with van der Waals surface area (Å²) in [5, 5.41) is 5.39. The van der Waals surface area contributed by atoms with Gasteiger partial charge in [-0.25, -0.2) is 9.97 Å². The number of hydrogen-bond acceptors (Lipinski definition) is 5. The van der Waals surface area contributed by atoms with E-state index in [-0.39, 0.29) is 0 Å². The van der Waals surface area contributed by atoms with Gasteiger partial charge in [0.1, 0.15) is 17.9 Å². The van der Waals surface area contributed by atoms with Gasteiger partial charge in [0, 0.05) is 23.0 Å². The fraction of sp³-hybridized carbons (Fsp3) is 0.0556. The van der Waals surface area contributed by atoms with Crippen LogP contribution < -0.4 is 10.1 Å². The molecule has 0 aliphatic rings. The average Bonchev–Trinajstić information content (AvgIpc) is 2.62. The molecule has 0 saturated heterocycles. The van der Waals surface area contributed by atoms with Gasteiger partial charge in [-0.05, 0) is 24.3 Å². The first-order valence-corrected chi connectivity index (χ1v) is 7.25. The molecule has 0 fully saturated rings. The van der Waals surface area contributed by atoms with Crippen LogP contribution in [0.2, 0.25) is 0 Å². The Labute approximate surface area is 133 Å². The number of fused-ring (bicyclic) bond motifs is 2. The second-order valence-electron chi connectivity index (χ2n) is 5.11. The minimum atomic E-state index is 0.746. The number of benzene rings is 2. The summed E-state index contributed by atoms with van der Waals surface area (Å²) in [6, 6.07) is 15.7. The first kappa shape index (κ1) is 13.5. The van der Waals surface area contributed by atoms with Crippen LogP contribution in [-0.2, 0) is 0 Å². The van der Waals surface area contributed by atoms with E-state index in [1.165, 1.54) is 0 Å². The number of nitrogens with zero attached hydrogens (tertiary/aromatic N) is 3. The maximum Gasteiger partial charge on any atom is 0.141 e. The number of ether oxygens (including phenoxy) is 1. The van der Waals surface area contributed by atoms with Gasteiger partial charge in [0.25, 0.3) is 0 Å². The van der Waals surface area contributed by atoms with Crippen LogP contribution >= 0.6 is 0 Å². The molecule has 5 heteroatoms. The standard InChI is InChI=1S/C18H14N4O/c1-23-13-7-8-14-16(10-13)20-11-21-18(14)22-15-6-2-4-12-5-3-9-19-17(12)15/h2-11H,1H3,(H,20,21,22). The minimum absolute atomic E-state index is 0.746. The molecule has 0 saturated carbocycles. The molecular formula is C18H14N4O. The molecular weight excluding hydrogens is 288 g/mol. The Kier molecular flexibility index (Phi) is 3.24. The number of hydrogen-bond donors (Lipinski definition) is 1. The summed E-state index contributed by atoms with van der Waals surface area (Å²) < 4.78 is 5.25. The van der Waals surface area contributed by atoms with Crippen molar-refractivity contribution in [2.45, 2.75) is 0 Å². The molecule has 2 heterocycles. The molecule has 2 aromatic carbocycles. The maximum atomic E-state index is 5.25. The van der Waals surface area contributed by atoms with Gasteiger partial charge in [-0.1, -0.05) is 18.2 Å². The van der Waals surface area contributed by atoms with E-state index in [1.54, 1.807) is 19.6 Å². The van der Waals surface area contributed by atoms with Crippen LogP contribution in [0.5, 0.6) is 5.75 Å². The topological polar surface area (TPSA) is 59.9 Å². The first-order chi connectivity index (χ1) is 11.3. The maximum absolute atomic E-state index is 5.25. The average molecular weight is 302 g/mol. The first-order valence-electron chi connectivity index (χ1n) is 7.25. The van der Waals surface area contributed by atoms with Crippen LogP contribution in [0.1, 0.15) is 0 Å². The number of nitrogens with one attached hydrogen (secondary N) is 1. The highest BCUT2D eigenvalue weighted by Crippen LogP contribution is 2.28. The van der Waals surface area contributed by atoms with E-state index in [2.05, 4.69) is 20.3 Å². The van der Waals surface area contributed by atoms with E-state index in [4.69, 9.17) is 4.74 Å². The second kappa shape index (κ2) is 5.53. The molecule has 0 radical (unpaired) electrons. The third-order valence-electron chi connectivity index (χ3n) is 3.73. The zero-order valence-corrected chi connectivity index (χ0v) is 12.5. The molecule has 2 aromatic heterocycles. The second-order valence-corrected chi connectivity index (χ2v) is 5.11. The molecule has 5 nitrogen and oxygen atoms in total. The highest BCUT2D eigenvalue weighted by molar-refractivity contribution is 5.96. The van der Waals surface area contributed by atoms with E-state index in [0.29, 0.717) is 0 Å². The molecule has 4 rings (SSSR count). The van der Waals surface area contributed by atoms with Crippen molar-refractivity contribution in [2.75, 3.05) is 12.4 Å². The predicted molar refractivity (Wildman–Crippen MR) is 91.1 cm³/mol. The smallest absolute Gasteiger partial charge is 0.141 e. The van der Waals surface area contributed by atoms with Crippen LogP contribution in [0.25, 0.3) is 21.8 Å². The summed E-state index contributed by atoms with van der Waals surface area (Å²) in [4.78, 5) is 13.1. The molecule has 0 aliphatic carbocycles. The van der Waals surface area contributed by atoms with Crippen LogP contribution in [0.15, 0.2) is 61.1 Å². The van der Waals surface area contributed by atoms with Gasteiger partial charge in [0.2, 0.25) is 0 Å². The van der Waals surface area contributed by atoms with Crippen molar-refractivity contribution >= 4 is 33.3 Å². The van der Waals surface area contributed by atoms with Gasteiger partial charge >= 0.3 is 0 Å². The Balaban J connectivity index is 1.83. The lowest BCUT2D eigenvalue weighted by atomic mass is 10.2. The zero-order valence-electron chi connectivity index (χ0n) is 12.5. The molecule has 0 spiro atoms. The van der Waals surface area contributed by atoms with Crippen molar-refractivity contribution in [1.29, 1.82) is 0 Å². The van der Waals surface area contributed by atoms with Gasteiger partial charge in [0.15, 0.2) is 0 Å². The Morgan fingerprint density at radius 2 is 1.87 bits per heavy atom. The van der Waals surface area contributed by atoms with Crippen LogP contribution in [0.4, 0.5) is 11.5 Å². The fourth-order valence-electron chi connectivity index (χ4n) is 2.60. The Bertz CT molecular complexity index is 995. The number of pyridine rings is 1. The summed E-state index contributed by atoms with van der Waals surface area (Å²) in [5.74, 6) is 1.52. The number of para-hydroxylation sites is 1. The SMILES string of the molecule is COc1ccc2c(Nc3cccc4cccnc34)ncnc2c1. The monoisotopic (exact) mass is 302 g/mol. The summed E-state index contributed by atoms with van der Waals surface area (Å²) >= 11 is 0. The molecule has 1 N–H and O–H groups in total. The Hall–Kier alpha value is -3.21. The van der Waals surface area contributed by atoms with Gasteiger partial charge in [-0.15, -0.1) is 0 Å². The molecule has 0 aliphatic heterocycles. The van der Waals surface area contributed by atoms with Crippen molar-refractivity contribution in [3.63, 3.8) is 0 Å². The van der Waals surface area contributed by atoms with E-state index in [0.717, 1.165) is 39.1 Å². The lowest BCUT2D eigenvalue weighted by Crippen LogP contribution is -1.97. The van der Waals surface area contributed by atoms with E-state index >= 15 is 0 Å². The molecule has 112 valence electrons. The zero-order chi connectivity index (χ0) is 15.6. The van der Waals surface area contributed by atoms with Crippen LogP contribution in [0, 0.1) is 0 Å². The van der Waals surface area contributed by atoms with Gasteiger partial charge in [0.05, 0.1) is 23.8 Å². The molecule has 4 aromatic rings. The summed E-state index contributed by atoms with van der Waals surface area (Å²) in [7, 11) is 1.64. The van der Waals surface area contributed by atoms with Crippen molar-refractivity contribution < 1.29 is 4.74 Å². The quantitative estimate of drug-likeness (QED) is 0.621. The predicted octanol–water partition coefficient (Wildman–Crippen LogP) is 3.93. The highest BCUT2D eigenvalue weighted by atomic mass is 16.5. The summed E-state index contributed by atoms with van der Waals surface area (Å²) in [6.45, 7) is 0. The largest absolute Gasteiger partial charge is 0.497 e. The Morgan fingerprint density at radius 1 is 0.957 bits per heavy atom. The van der Waals surface area contributed by atoms with Crippen molar-refractivity contribution in [1.82, 2.24) is 15.0 Å². The summed E-state index contributed by atoms with van der Waals surface area (Å²) in [5.41, 5.74) is 2.66. The highest BCUT2D eigenvalue weighted by Gasteiger charge is 2.08. The van der Waals surface area contributed by atoms with Crippen molar-refractivity contribution in [2.24, 2.45) is 0 Å². The Morgan fingerprint density at radius 3 is 2.78 bits per heavy atom. The van der Waals surface area contributed by atoms with Crippen molar-refractivity contribution in [3.05, 3.63) is 61.1 Å². The van der Waals surface area contributed by atoms with E-state index in [9.17, 15) is 0 Å². The molecule has 0 bridgehead atoms. The molecule has 0 amide bonds. The number of aromatic nitrogens is 3. The molecule has 0 unspecified atom stereocenters. The van der Waals surface area contributed by atoms with E-state index < -0.39 is 0 Å². The van der Waals surface area contributed by atoms with Gasteiger partial charge < -0.3 is 10.1 Å². The van der Waals surface area contributed by atoms with Gasteiger partial charge in [-0.2, -0.15) is 0 Å². The number of methoxy groups -OCH3 is 1. The lowest BCUT2D eigenvalue weighted by Gasteiger charge is -2.10. The lowest BCUT2D eigenvalue weighted by molar-refractivity contribution is 0.415. The molecule has 23 heavy (non-hydrogen) atoms. The minimum Gasteiger partial charge on any atom is -0.497 e. The third kappa shape index (κ3) is 2.42. The van der Waals surface area contributed by atoms with Crippen molar-refractivity contribution in [3.8, 4) is 5.75 Å². The number of anilines is 2. The van der Waals surface area contributed by atoms with Crippen LogP contribution in [-0.4, -0.2) is 22.1 Å².